The summed E-state index contributed by atoms with van der Waals surface area (Å²) in [6.45, 7) is 0.654. The summed E-state index contributed by atoms with van der Waals surface area (Å²) in [4.78, 5) is 18.7. The minimum atomic E-state index is -0.500. The molecule has 0 spiro atoms. The molecule has 1 aliphatic heterocycles. The molecule has 3 aromatic rings. The number of benzene rings is 1. The van der Waals surface area contributed by atoms with Crippen LogP contribution in [0.15, 0.2) is 36.7 Å². The van der Waals surface area contributed by atoms with Crippen molar-refractivity contribution in [2.75, 3.05) is 16.8 Å². The number of anilines is 2. The number of nitrogens with zero attached hydrogens (tertiary/aromatic N) is 4. The van der Waals surface area contributed by atoms with E-state index in [9.17, 15) is 18.7 Å². The molecule has 2 aromatic heterocycles. The molecular formula is C20H20F2N6O2. The minimum absolute atomic E-state index is 0.234. The van der Waals surface area contributed by atoms with E-state index < -0.39 is 23.8 Å². The first-order valence-electron chi connectivity index (χ1n) is 9.81. The highest BCUT2D eigenvalue weighted by Crippen LogP contribution is 2.37. The van der Waals surface area contributed by atoms with Gasteiger partial charge in [0.1, 0.15) is 23.1 Å². The number of aliphatic hydroxyl groups is 1. The lowest BCUT2D eigenvalue weighted by atomic mass is 10.0. The molecule has 0 bridgehead atoms. The summed E-state index contributed by atoms with van der Waals surface area (Å²) in [7, 11) is 0. The van der Waals surface area contributed by atoms with Crippen LogP contribution in [0.2, 0.25) is 0 Å². The summed E-state index contributed by atoms with van der Waals surface area (Å²) < 4.78 is 29.6. The van der Waals surface area contributed by atoms with Gasteiger partial charge in [-0.05, 0) is 43.5 Å². The van der Waals surface area contributed by atoms with Crippen molar-refractivity contribution >= 4 is 23.2 Å². The molecule has 2 fully saturated rings. The Morgan fingerprint density at radius 3 is 2.90 bits per heavy atom. The number of aromatic nitrogens is 3. The van der Waals surface area contributed by atoms with Gasteiger partial charge >= 0.3 is 6.03 Å². The van der Waals surface area contributed by atoms with E-state index in [4.69, 9.17) is 0 Å². The van der Waals surface area contributed by atoms with E-state index in [1.54, 1.807) is 12.3 Å². The van der Waals surface area contributed by atoms with Crippen LogP contribution in [-0.2, 0) is 0 Å². The van der Waals surface area contributed by atoms with E-state index in [0.29, 0.717) is 42.1 Å². The Balaban J connectivity index is 1.42. The zero-order valence-corrected chi connectivity index (χ0v) is 15.9. The zero-order valence-electron chi connectivity index (χ0n) is 15.9. The molecule has 10 heteroatoms. The van der Waals surface area contributed by atoms with Crippen LogP contribution in [0, 0.1) is 11.6 Å². The number of amides is 2. The fraction of sp³-hybridized carbons (Fsp3) is 0.350. The maximum Gasteiger partial charge on any atom is 0.319 e. The number of hydrogen-bond donors (Lipinski definition) is 3. The van der Waals surface area contributed by atoms with Crippen molar-refractivity contribution in [3.8, 4) is 0 Å². The summed E-state index contributed by atoms with van der Waals surface area (Å²) in [6.07, 6.45) is 4.75. The van der Waals surface area contributed by atoms with Crippen molar-refractivity contribution in [1.82, 2.24) is 19.9 Å². The van der Waals surface area contributed by atoms with E-state index in [2.05, 4.69) is 20.7 Å². The minimum Gasteiger partial charge on any atom is -0.391 e. The molecular weight excluding hydrogens is 394 g/mol. The van der Waals surface area contributed by atoms with Gasteiger partial charge in [0, 0.05) is 18.3 Å². The lowest BCUT2D eigenvalue weighted by Gasteiger charge is -2.26. The predicted molar refractivity (Wildman–Crippen MR) is 105 cm³/mol. The summed E-state index contributed by atoms with van der Waals surface area (Å²) in [5.41, 5.74) is 1.16. The summed E-state index contributed by atoms with van der Waals surface area (Å²) in [5, 5.41) is 18.9. The first-order chi connectivity index (χ1) is 14.5. The van der Waals surface area contributed by atoms with E-state index in [-0.39, 0.29) is 12.1 Å². The third-order valence-corrected chi connectivity index (χ3v) is 5.54. The predicted octanol–water partition coefficient (Wildman–Crippen LogP) is 2.60. The number of halogens is 2. The molecule has 1 saturated heterocycles. The molecule has 3 atom stereocenters. The molecule has 1 aliphatic carbocycles. The standard InChI is InChI=1S/C20H20F2N6O2/c21-11-3-4-13(22)12(8-11)16-2-1-6-27(16)18-5-7-28-19(26-18)15(10-23-28)25-20(30)24-14-9-17(14)29/h3-5,7-8,10,14,16-17,29H,1-2,6,9H2,(H2,24,25,30)/t14-,16-,17-/m1/s1. The van der Waals surface area contributed by atoms with E-state index in [1.807, 2.05) is 4.90 Å². The molecule has 8 nitrogen and oxygen atoms in total. The maximum absolute atomic E-state index is 14.4. The van der Waals surface area contributed by atoms with Gasteiger partial charge < -0.3 is 20.6 Å². The third-order valence-electron chi connectivity index (χ3n) is 5.54. The molecule has 30 heavy (non-hydrogen) atoms. The van der Waals surface area contributed by atoms with Gasteiger partial charge in [0.25, 0.3) is 0 Å². The highest BCUT2D eigenvalue weighted by atomic mass is 19.1. The number of nitrogens with one attached hydrogen (secondary N) is 2. The lowest BCUT2D eigenvalue weighted by Crippen LogP contribution is -2.32. The van der Waals surface area contributed by atoms with Crippen molar-refractivity contribution < 1.29 is 18.7 Å². The number of fused-ring (bicyclic) bond motifs is 1. The van der Waals surface area contributed by atoms with Crippen molar-refractivity contribution in [3.63, 3.8) is 0 Å². The summed E-state index contributed by atoms with van der Waals surface area (Å²) in [6, 6.07) is 4.25. The van der Waals surface area contributed by atoms with Crippen molar-refractivity contribution in [3.05, 3.63) is 53.9 Å². The fourth-order valence-corrected chi connectivity index (χ4v) is 3.91. The van der Waals surface area contributed by atoms with Gasteiger partial charge in [-0.2, -0.15) is 5.10 Å². The largest absolute Gasteiger partial charge is 0.391 e. The Bertz CT molecular complexity index is 1120. The number of urea groups is 1. The van der Waals surface area contributed by atoms with Gasteiger partial charge in [-0.1, -0.05) is 0 Å². The first kappa shape index (κ1) is 18.7. The normalized spacial score (nSPS) is 23.0. The van der Waals surface area contributed by atoms with Crippen LogP contribution in [-0.4, -0.2) is 44.4 Å². The van der Waals surface area contributed by atoms with Crippen LogP contribution in [0.1, 0.15) is 30.9 Å². The average molecular weight is 414 g/mol. The van der Waals surface area contributed by atoms with Crippen LogP contribution in [0.4, 0.5) is 25.1 Å². The Hall–Kier alpha value is -3.27. The monoisotopic (exact) mass is 414 g/mol. The second-order valence-electron chi connectivity index (χ2n) is 7.64. The van der Waals surface area contributed by atoms with Gasteiger partial charge in [0.05, 0.1) is 24.4 Å². The maximum atomic E-state index is 14.4. The van der Waals surface area contributed by atoms with Crippen LogP contribution in [0.3, 0.4) is 0 Å². The molecule has 0 radical (unpaired) electrons. The summed E-state index contributed by atoms with van der Waals surface area (Å²) >= 11 is 0. The Morgan fingerprint density at radius 1 is 1.27 bits per heavy atom. The number of carbonyl (C=O) groups excluding carboxylic acids is 1. The molecule has 1 aromatic carbocycles. The highest BCUT2D eigenvalue weighted by Gasteiger charge is 2.36. The van der Waals surface area contributed by atoms with E-state index in [0.717, 1.165) is 18.6 Å². The van der Waals surface area contributed by atoms with Gasteiger partial charge in [-0.3, -0.25) is 0 Å². The zero-order chi connectivity index (χ0) is 20.8. The van der Waals surface area contributed by atoms with Crippen molar-refractivity contribution in [2.24, 2.45) is 0 Å². The topological polar surface area (TPSA) is 94.8 Å². The SMILES string of the molecule is O=C(Nc1cnn2ccc(N3CCC[C@@H]3c3cc(F)ccc3F)nc12)N[C@@H]1C[C@H]1O. The number of rotatable bonds is 4. The smallest absolute Gasteiger partial charge is 0.319 e. The molecule has 156 valence electrons. The van der Waals surface area contributed by atoms with Gasteiger partial charge in [-0.15, -0.1) is 0 Å². The van der Waals surface area contributed by atoms with Gasteiger partial charge in [0.15, 0.2) is 5.65 Å². The molecule has 3 heterocycles. The number of aliphatic hydroxyl groups excluding tert-OH is 1. The third kappa shape index (κ3) is 3.43. The molecule has 5 rings (SSSR count). The van der Waals surface area contributed by atoms with E-state index in [1.165, 1.54) is 16.8 Å². The molecule has 3 N–H and O–H groups in total. The highest BCUT2D eigenvalue weighted by molar-refractivity contribution is 5.93. The van der Waals surface area contributed by atoms with Gasteiger partial charge in [0.2, 0.25) is 0 Å². The Labute approximate surface area is 170 Å². The van der Waals surface area contributed by atoms with E-state index >= 15 is 0 Å². The Morgan fingerprint density at radius 2 is 2.10 bits per heavy atom. The van der Waals surface area contributed by atoms with Crippen LogP contribution < -0.4 is 15.5 Å². The second-order valence-corrected chi connectivity index (χ2v) is 7.64. The molecule has 0 unspecified atom stereocenters. The van der Waals surface area contributed by atoms with Crippen LogP contribution >= 0.6 is 0 Å². The number of hydrogen-bond acceptors (Lipinski definition) is 5. The fourth-order valence-electron chi connectivity index (χ4n) is 3.91. The van der Waals surface area contributed by atoms with Crippen LogP contribution in [0.25, 0.3) is 5.65 Å². The second kappa shape index (κ2) is 7.21. The average Bonchev–Trinajstić information content (AvgIpc) is 3.11. The number of carbonyl (C=O) groups is 1. The Kier molecular flexibility index (Phi) is 4.50. The molecule has 2 amide bonds. The first-order valence-corrected chi connectivity index (χ1v) is 9.81. The van der Waals surface area contributed by atoms with Crippen molar-refractivity contribution in [2.45, 2.75) is 37.5 Å². The van der Waals surface area contributed by atoms with Gasteiger partial charge in [-0.25, -0.2) is 23.1 Å². The lowest BCUT2D eigenvalue weighted by molar-refractivity contribution is 0.241. The quantitative estimate of drug-likeness (QED) is 0.610. The summed E-state index contributed by atoms with van der Waals surface area (Å²) in [5.74, 6) is -0.328. The van der Waals surface area contributed by atoms with Crippen LogP contribution in [0.5, 0.6) is 0 Å². The molecule has 1 saturated carbocycles. The van der Waals surface area contributed by atoms with Crippen molar-refractivity contribution in [1.29, 1.82) is 0 Å². The molecule has 2 aliphatic rings.